The zero-order valence-corrected chi connectivity index (χ0v) is 7.91. The van der Waals surface area contributed by atoms with Crippen LogP contribution in [-0.2, 0) is 6.42 Å². The van der Waals surface area contributed by atoms with Gasteiger partial charge in [0.1, 0.15) is 11.6 Å². The first-order chi connectivity index (χ1) is 6.19. The Hall–Kier alpha value is -1.58. The van der Waals surface area contributed by atoms with Crippen molar-refractivity contribution in [2.45, 2.75) is 20.3 Å². The quantitative estimate of drug-likeness (QED) is 0.704. The Morgan fingerprint density at radius 2 is 2.08 bits per heavy atom. The Labute approximate surface area is 77.7 Å². The summed E-state index contributed by atoms with van der Waals surface area (Å²) in [6, 6.07) is 0. The van der Waals surface area contributed by atoms with E-state index in [0.717, 1.165) is 17.7 Å². The predicted octanol–water partition coefficient (Wildman–Crippen LogP) is 0.859. The lowest BCUT2D eigenvalue weighted by Gasteiger charge is -2.06. The highest BCUT2D eigenvalue weighted by molar-refractivity contribution is 5.62. The van der Waals surface area contributed by atoms with Gasteiger partial charge in [-0.3, -0.25) is 0 Å². The van der Waals surface area contributed by atoms with Crippen LogP contribution in [0.3, 0.4) is 0 Å². The molecule has 0 aliphatic heterocycles. The fraction of sp³-hybridized carbons (Fsp3) is 0.333. The lowest BCUT2D eigenvalue weighted by Crippen LogP contribution is -2.04. The van der Waals surface area contributed by atoms with Crippen LogP contribution in [0.4, 0.5) is 5.82 Å². The Balaban J connectivity index is 3.29. The smallest absolute Gasteiger partial charge is 0.134 e. The normalized spacial score (nSPS) is 10.9. The molecular weight excluding hydrogens is 164 g/mol. The number of hydrogen-bond donors (Lipinski definition) is 2. The number of aryl methyl sites for hydroxylation is 2. The minimum Gasteiger partial charge on any atom is -0.405 e. The molecule has 0 unspecified atom stereocenters. The fourth-order valence-corrected chi connectivity index (χ4v) is 1.21. The molecule has 0 fully saturated rings. The zero-order chi connectivity index (χ0) is 9.84. The van der Waals surface area contributed by atoms with Gasteiger partial charge in [0, 0.05) is 5.56 Å². The SMILES string of the molecule is CCc1nc(C)nc(N)c1/C=C\N. The molecule has 0 saturated heterocycles. The summed E-state index contributed by atoms with van der Waals surface area (Å²) >= 11 is 0. The van der Waals surface area contributed by atoms with Gasteiger partial charge in [0.05, 0.1) is 5.69 Å². The van der Waals surface area contributed by atoms with E-state index in [0.29, 0.717) is 11.6 Å². The first kappa shape index (κ1) is 9.51. The van der Waals surface area contributed by atoms with Gasteiger partial charge < -0.3 is 11.5 Å². The van der Waals surface area contributed by atoms with Crippen LogP contribution in [0.1, 0.15) is 24.0 Å². The average Bonchev–Trinajstić information content (AvgIpc) is 2.09. The van der Waals surface area contributed by atoms with E-state index < -0.39 is 0 Å². The summed E-state index contributed by atoms with van der Waals surface area (Å²) in [4.78, 5) is 8.33. The third-order valence-electron chi connectivity index (χ3n) is 1.76. The number of rotatable bonds is 2. The van der Waals surface area contributed by atoms with Crippen LogP contribution < -0.4 is 11.5 Å². The second-order valence-corrected chi connectivity index (χ2v) is 2.73. The lowest BCUT2D eigenvalue weighted by molar-refractivity contribution is 0.949. The molecule has 0 radical (unpaired) electrons. The van der Waals surface area contributed by atoms with Gasteiger partial charge in [0.25, 0.3) is 0 Å². The summed E-state index contributed by atoms with van der Waals surface area (Å²) in [7, 11) is 0. The Morgan fingerprint density at radius 3 is 2.62 bits per heavy atom. The first-order valence-electron chi connectivity index (χ1n) is 4.20. The Kier molecular flexibility index (Phi) is 2.84. The van der Waals surface area contributed by atoms with Gasteiger partial charge in [-0.05, 0) is 25.6 Å². The molecule has 0 amide bonds. The van der Waals surface area contributed by atoms with Crippen LogP contribution >= 0.6 is 0 Å². The largest absolute Gasteiger partial charge is 0.405 e. The summed E-state index contributed by atoms with van der Waals surface area (Å²) < 4.78 is 0. The van der Waals surface area contributed by atoms with E-state index in [1.165, 1.54) is 6.20 Å². The van der Waals surface area contributed by atoms with Crippen molar-refractivity contribution >= 4 is 11.9 Å². The topological polar surface area (TPSA) is 77.8 Å². The molecule has 13 heavy (non-hydrogen) atoms. The van der Waals surface area contributed by atoms with Crippen LogP contribution in [0, 0.1) is 6.92 Å². The van der Waals surface area contributed by atoms with Crippen molar-refractivity contribution in [3.8, 4) is 0 Å². The number of anilines is 1. The van der Waals surface area contributed by atoms with E-state index in [-0.39, 0.29) is 0 Å². The fourth-order valence-electron chi connectivity index (χ4n) is 1.21. The maximum Gasteiger partial charge on any atom is 0.134 e. The molecule has 0 aliphatic carbocycles. The van der Waals surface area contributed by atoms with E-state index >= 15 is 0 Å². The first-order valence-corrected chi connectivity index (χ1v) is 4.20. The van der Waals surface area contributed by atoms with Crippen molar-refractivity contribution in [1.29, 1.82) is 0 Å². The molecule has 1 aromatic heterocycles. The standard InChI is InChI=1S/C9H14N4/c1-3-8-7(4-5-10)9(11)13-6(2)12-8/h4-5H,3,10H2,1-2H3,(H2,11,12,13)/b5-4-. The van der Waals surface area contributed by atoms with Crippen LogP contribution in [0.25, 0.3) is 6.08 Å². The molecular formula is C9H14N4. The average molecular weight is 178 g/mol. The maximum atomic E-state index is 5.73. The predicted molar refractivity (Wildman–Crippen MR) is 53.8 cm³/mol. The molecule has 0 saturated carbocycles. The number of nitrogen functional groups attached to an aromatic ring is 1. The molecule has 1 rings (SSSR count). The molecule has 0 atom stereocenters. The molecule has 0 spiro atoms. The monoisotopic (exact) mass is 178 g/mol. The van der Waals surface area contributed by atoms with Crippen molar-refractivity contribution < 1.29 is 0 Å². The van der Waals surface area contributed by atoms with Crippen molar-refractivity contribution in [3.63, 3.8) is 0 Å². The molecule has 1 heterocycles. The minimum absolute atomic E-state index is 0.492. The number of nitrogens with zero attached hydrogens (tertiary/aromatic N) is 2. The van der Waals surface area contributed by atoms with E-state index in [1.54, 1.807) is 6.08 Å². The molecule has 70 valence electrons. The van der Waals surface area contributed by atoms with Gasteiger partial charge in [-0.25, -0.2) is 9.97 Å². The van der Waals surface area contributed by atoms with Crippen molar-refractivity contribution in [3.05, 3.63) is 23.3 Å². The van der Waals surface area contributed by atoms with Crippen LogP contribution in [0.15, 0.2) is 6.20 Å². The summed E-state index contributed by atoms with van der Waals surface area (Å²) in [6.07, 6.45) is 4.00. The lowest BCUT2D eigenvalue weighted by atomic mass is 10.1. The van der Waals surface area contributed by atoms with E-state index in [9.17, 15) is 0 Å². The number of nitrogens with two attached hydrogens (primary N) is 2. The molecule has 0 bridgehead atoms. The van der Waals surface area contributed by atoms with Crippen LogP contribution in [0.5, 0.6) is 0 Å². The molecule has 4 heteroatoms. The van der Waals surface area contributed by atoms with Gasteiger partial charge in [-0.2, -0.15) is 0 Å². The highest BCUT2D eigenvalue weighted by Crippen LogP contribution is 2.15. The Bertz CT molecular complexity index is 331. The van der Waals surface area contributed by atoms with Crippen molar-refractivity contribution in [2.24, 2.45) is 5.73 Å². The van der Waals surface area contributed by atoms with Gasteiger partial charge in [0.2, 0.25) is 0 Å². The highest BCUT2D eigenvalue weighted by atomic mass is 14.9. The second-order valence-electron chi connectivity index (χ2n) is 2.73. The van der Waals surface area contributed by atoms with Gasteiger partial charge in [-0.15, -0.1) is 0 Å². The van der Waals surface area contributed by atoms with Crippen molar-refractivity contribution in [2.75, 3.05) is 5.73 Å². The summed E-state index contributed by atoms with van der Waals surface area (Å²) in [5.41, 5.74) is 12.8. The van der Waals surface area contributed by atoms with Gasteiger partial charge >= 0.3 is 0 Å². The summed E-state index contributed by atoms with van der Waals surface area (Å²) in [5, 5.41) is 0. The van der Waals surface area contributed by atoms with E-state index in [2.05, 4.69) is 9.97 Å². The van der Waals surface area contributed by atoms with E-state index in [4.69, 9.17) is 11.5 Å². The third kappa shape index (κ3) is 1.96. The number of aromatic nitrogens is 2. The third-order valence-corrected chi connectivity index (χ3v) is 1.76. The molecule has 1 aromatic rings. The second kappa shape index (κ2) is 3.89. The molecule has 4 nitrogen and oxygen atoms in total. The number of hydrogen-bond acceptors (Lipinski definition) is 4. The van der Waals surface area contributed by atoms with Gasteiger partial charge in [0.15, 0.2) is 0 Å². The summed E-state index contributed by atoms with van der Waals surface area (Å²) in [6.45, 7) is 3.85. The zero-order valence-electron chi connectivity index (χ0n) is 7.91. The maximum absolute atomic E-state index is 5.73. The summed E-state index contributed by atoms with van der Waals surface area (Å²) in [5.74, 6) is 1.19. The highest BCUT2D eigenvalue weighted by Gasteiger charge is 2.05. The minimum atomic E-state index is 0.492. The Morgan fingerprint density at radius 1 is 1.38 bits per heavy atom. The van der Waals surface area contributed by atoms with Crippen molar-refractivity contribution in [1.82, 2.24) is 9.97 Å². The molecule has 0 aromatic carbocycles. The van der Waals surface area contributed by atoms with Gasteiger partial charge in [-0.1, -0.05) is 6.92 Å². The van der Waals surface area contributed by atoms with Crippen LogP contribution in [0.2, 0.25) is 0 Å². The van der Waals surface area contributed by atoms with E-state index in [1.807, 2.05) is 13.8 Å². The molecule has 0 aliphatic rings. The molecule has 4 N–H and O–H groups in total. The van der Waals surface area contributed by atoms with Crippen LogP contribution in [-0.4, -0.2) is 9.97 Å².